The fourth-order valence-corrected chi connectivity index (χ4v) is 3.20. The lowest BCUT2D eigenvalue weighted by Gasteiger charge is -2.24. The molecule has 27 heavy (non-hydrogen) atoms. The molecule has 138 valence electrons. The SMILES string of the molecule is Cc1ccc(NC(=O)[C@@H](C)NC(c2ccccc2)c2ccccc2)c(C)c1. The average Bonchev–Trinajstić information content (AvgIpc) is 2.69. The molecule has 0 fully saturated rings. The van der Waals surface area contributed by atoms with Crippen molar-refractivity contribution in [1.29, 1.82) is 0 Å². The third-order valence-corrected chi connectivity index (χ3v) is 4.72. The predicted molar refractivity (Wildman–Crippen MR) is 112 cm³/mol. The van der Waals surface area contributed by atoms with Crippen LogP contribution in [0.15, 0.2) is 78.9 Å². The van der Waals surface area contributed by atoms with Gasteiger partial charge in [-0.05, 0) is 43.5 Å². The monoisotopic (exact) mass is 358 g/mol. The van der Waals surface area contributed by atoms with Gasteiger partial charge in [-0.25, -0.2) is 0 Å². The van der Waals surface area contributed by atoms with Crippen LogP contribution in [0.25, 0.3) is 0 Å². The van der Waals surface area contributed by atoms with Crippen LogP contribution in [0.2, 0.25) is 0 Å². The van der Waals surface area contributed by atoms with Gasteiger partial charge in [-0.3, -0.25) is 10.1 Å². The zero-order valence-corrected chi connectivity index (χ0v) is 16.1. The Kier molecular flexibility index (Phi) is 6.05. The van der Waals surface area contributed by atoms with E-state index in [4.69, 9.17) is 0 Å². The Morgan fingerprint density at radius 1 is 0.815 bits per heavy atom. The van der Waals surface area contributed by atoms with Gasteiger partial charge in [0.2, 0.25) is 5.91 Å². The lowest BCUT2D eigenvalue weighted by molar-refractivity contribution is -0.117. The molecular weight excluding hydrogens is 332 g/mol. The maximum atomic E-state index is 12.8. The van der Waals surface area contributed by atoms with E-state index in [2.05, 4.69) is 41.0 Å². The zero-order valence-electron chi connectivity index (χ0n) is 16.1. The van der Waals surface area contributed by atoms with Gasteiger partial charge in [-0.15, -0.1) is 0 Å². The predicted octanol–water partition coefficient (Wildman–Crippen LogP) is 5.01. The minimum absolute atomic E-state index is 0.0428. The summed E-state index contributed by atoms with van der Waals surface area (Å²) in [6.45, 7) is 5.96. The van der Waals surface area contributed by atoms with Gasteiger partial charge in [0.25, 0.3) is 0 Å². The van der Waals surface area contributed by atoms with Crippen molar-refractivity contribution in [2.45, 2.75) is 32.9 Å². The van der Waals surface area contributed by atoms with E-state index in [0.717, 1.165) is 22.4 Å². The molecule has 0 saturated carbocycles. The zero-order chi connectivity index (χ0) is 19.2. The summed E-state index contributed by atoms with van der Waals surface area (Å²) in [6, 6.07) is 26.1. The molecule has 3 aromatic rings. The topological polar surface area (TPSA) is 41.1 Å². The number of rotatable bonds is 6. The summed E-state index contributed by atoms with van der Waals surface area (Å²) < 4.78 is 0. The van der Waals surface area contributed by atoms with Crippen LogP contribution in [0.1, 0.15) is 35.2 Å². The van der Waals surface area contributed by atoms with Crippen molar-refractivity contribution >= 4 is 11.6 Å². The Bertz CT molecular complexity index is 851. The molecule has 0 saturated heterocycles. The molecule has 1 amide bonds. The van der Waals surface area contributed by atoms with Crippen LogP contribution in [0.5, 0.6) is 0 Å². The molecule has 0 bridgehead atoms. The molecule has 3 rings (SSSR count). The summed E-state index contributed by atoms with van der Waals surface area (Å²) >= 11 is 0. The summed E-state index contributed by atoms with van der Waals surface area (Å²) in [5.41, 5.74) is 5.38. The highest BCUT2D eigenvalue weighted by Gasteiger charge is 2.21. The number of hydrogen-bond acceptors (Lipinski definition) is 2. The van der Waals surface area contributed by atoms with E-state index in [-0.39, 0.29) is 18.0 Å². The average molecular weight is 358 g/mol. The molecule has 0 radical (unpaired) electrons. The van der Waals surface area contributed by atoms with Crippen LogP contribution in [0, 0.1) is 13.8 Å². The Morgan fingerprint density at radius 3 is 1.89 bits per heavy atom. The number of carbonyl (C=O) groups is 1. The first kappa shape index (κ1) is 18.9. The maximum Gasteiger partial charge on any atom is 0.241 e. The molecule has 0 spiro atoms. The number of carbonyl (C=O) groups excluding carboxylic acids is 1. The Morgan fingerprint density at radius 2 is 1.37 bits per heavy atom. The molecule has 0 heterocycles. The molecule has 1 atom stereocenters. The highest BCUT2D eigenvalue weighted by molar-refractivity contribution is 5.95. The first-order valence-electron chi connectivity index (χ1n) is 9.28. The van der Waals surface area contributed by atoms with Gasteiger partial charge in [0, 0.05) is 5.69 Å². The maximum absolute atomic E-state index is 12.8. The minimum atomic E-state index is -0.351. The highest BCUT2D eigenvalue weighted by Crippen LogP contribution is 2.23. The second-order valence-corrected chi connectivity index (χ2v) is 6.95. The lowest BCUT2D eigenvalue weighted by atomic mass is 9.98. The summed E-state index contributed by atoms with van der Waals surface area (Å²) in [4.78, 5) is 12.8. The lowest BCUT2D eigenvalue weighted by Crippen LogP contribution is -2.40. The second kappa shape index (κ2) is 8.65. The Balaban J connectivity index is 1.78. The third-order valence-electron chi connectivity index (χ3n) is 4.72. The normalized spacial score (nSPS) is 12.0. The first-order chi connectivity index (χ1) is 13.0. The number of aryl methyl sites for hydroxylation is 2. The van der Waals surface area contributed by atoms with Gasteiger partial charge >= 0.3 is 0 Å². The van der Waals surface area contributed by atoms with Crippen LogP contribution >= 0.6 is 0 Å². The quantitative estimate of drug-likeness (QED) is 0.650. The van der Waals surface area contributed by atoms with Gasteiger partial charge in [0.15, 0.2) is 0 Å². The van der Waals surface area contributed by atoms with E-state index in [1.807, 2.05) is 69.3 Å². The number of anilines is 1. The number of benzene rings is 3. The smallest absolute Gasteiger partial charge is 0.241 e. The van der Waals surface area contributed by atoms with Crippen molar-refractivity contribution in [3.63, 3.8) is 0 Å². The molecule has 0 unspecified atom stereocenters. The first-order valence-corrected chi connectivity index (χ1v) is 9.28. The van der Waals surface area contributed by atoms with Crippen LogP contribution in [-0.2, 0) is 4.79 Å². The van der Waals surface area contributed by atoms with Gasteiger partial charge < -0.3 is 5.32 Å². The van der Waals surface area contributed by atoms with Crippen LogP contribution in [0.4, 0.5) is 5.69 Å². The third kappa shape index (κ3) is 4.83. The summed E-state index contributed by atoms with van der Waals surface area (Å²) in [5, 5.41) is 6.53. The standard InChI is InChI=1S/C24H26N2O/c1-17-14-15-22(18(2)16-17)26-24(27)19(3)25-23(20-10-6-4-7-11-20)21-12-8-5-9-13-21/h4-16,19,23,25H,1-3H3,(H,26,27)/t19-/m1/s1. The van der Waals surface area contributed by atoms with Gasteiger partial charge in [0.1, 0.15) is 0 Å². The van der Waals surface area contributed by atoms with Gasteiger partial charge in [-0.2, -0.15) is 0 Å². The van der Waals surface area contributed by atoms with Crippen molar-refractivity contribution in [3.8, 4) is 0 Å². The Hall–Kier alpha value is -2.91. The summed E-state index contributed by atoms with van der Waals surface area (Å²) in [7, 11) is 0. The number of amides is 1. The van der Waals surface area contributed by atoms with E-state index in [9.17, 15) is 4.79 Å². The van der Waals surface area contributed by atoms with Gasteiger partial charge in [0.05, 0.1) is 12.1 Å². The Labute approximate surface area is 161 Å². The summed E-state index contributed by atoms with van der Waals surface area (Å²) in [6.07, 6.45) is 0. The fourth-order valence-electron chi connectivity index (χ4n) is 3.20. The molecule has 3 nitrogen and oxygen atoms in total. The minimum Gasteiger partial charge on any atom is -0.324 e. The van der Waals surface area contributed by atoms with Gasteiger partial charge in [-0.1, -0.05) is 78.4 Å². The van der Waals surface area contributed by atoms with E-state index >= 15 is 0 Å². The summed E-state index contributed by atoms with van der Waals surface area (Å²) in [5.74, 6) is -0.0428. The second-order valence-electron chi connectivity index (χ2n) is 6.95. The molecule has 0 aliphatic rings. The van der Waals surface area contributed by atoms with Crippen LogP contribution in [0.3, 0.4) is 0 Å². The molecule has 0 aliphatic heterocycles. The number of nitrogens with one attached hydrogen (secondary N) is 2. The van der Waals surface area contributed by atoms with E-state index in [0.29, 0.717) is 0 Å². The molecule has 2 N–H and O–H groups in total. The molecule has 3 aromatic carbocycles. The van der Waals surface area contributed by atoms with E-state index < -0.39 is 0 Å². The molecule has 0 aromatic heterocycles. The molecule has 0 aliphatic carbocycles. The highest BCUT2D eigenvalue weighted by atomic mass is 16.2. The van der Waals surface area contributed by atoms with Crippen LogP contribution < -0.4 is 10.6 Å². The molecular formula is C24H26N2O. The van der Waals surface area contributed by atoms with Crippen molar-refractivity contribution < 1.29 is 4.79 Å². The van der Waals surface area contributed by atoms with E-state index in [1.165, 1.54) is 5.56 Å². The van der Waals surface area contributed by atoms with Crippen LogP contribution in [-0.4, -0.2) is 11.9 Å². The fraction of sp³-hybridized carbons (Fsp3) is 0.208. The number of hydrogen-bond donors (Lipinski definition) is 2. The van der Waals surface area contributed by atoms with Crippen molar-refractivity contribution in [2.75, 3.05) is 5.32 Å². The van der Waals surface area contributed by atoms with Crippen molar-refractivity contribution in [3.05, 3.63) is 101 Å². The largest absolute Gasteiger partial charge is 0.324 e. The van der Waals surface area contributed by atoms with Crippen molar-refractivity contribution in [1.82, 2.24) is 5.32 Å². The van der Waals surface area contributed by atoms with E-state index in [1.54, 1.807) is 0 Å². The molecule has 3 heteroatoms. The van der Waals surface area contributed by atoms with Crippen molar-refractivity contribution in [2.24, 2.45) is 0 Å².